The van der Waals surface area contributed by atoms with Crippen molar-refractivity contribution in [2.75, 3.05) is 0 Å². The SMILES string of the molecule is O=P(O)(O)OP(=O)(O)OP(=O)(O)O.[Fe].[H-].[Li+]. The third-order valence-electron chi connectivity index (χ3n) is 0.419. The van der Waals surface area contributed by atoms with Crippen molar-refractivity contribution in [2.24, 2.45) is 0 Å². The van der Waals surface area contributed by atoms with Crippen LogP contribution in [0.4, 0.5) is 0 Å². The standard InChI is InChI=1S/Fe.Li.H5O10P3.H/c;;1-11(2,3)9-13(7,8)10-12(4,5)6;/h;;(H,7,8)(H2,1,2,3)(H2,4,5,6);/q;+1;;-1. The van der Waals surface area contributed by atoms with Crippen molar-refractivity contribution in [2.45, 2.75) is 0 Å². The van der Waals surface area contributed by atoms with Gasteiger partial charge in [-0.25, -0.2) is 13.7 Å². The minimum atomic E-state index is -5.46. The van der Waals surface area contributed by atoms with Crippen LogP contribution in [-0.4, -0.2) is 24.5 Å². The van der Waals surface area contributed by atoms with Crippen LogP contribution in [0.5, 0.6) is 0 Å². The zero-order chi connectivity index (χ0) is 10.9. The van der Waals surface area contributed by atoms with E-state index in [1.807, 2.05) is 0 Å². The molecule has 0 bridgehead atoms. The first-order valence-corrected chi connectivity index (χ1v) is 6.83. The molecule has 0 aromatic carbocycles. The largest absolute Gasteiger partial charge is 1.00 e. The van der Waals surface area contributed by atoms with E-state index in [4.69, 9.17) is 24.5 Å². The van der Waals surface area contributed by atoms with E-state index in [1.165, 1.54) is 0 Å². The first-order valence-electron chi connectivity index (χ1n) is 2.28. The second-order valence-corrected chi connectivity index (χ2v) is 5.82. The van der Waals surface area contributed by atoms with Gasteiger partial charge in [-0.15, -0.1) is 0 Å². The summed E-state index contributed by atoms with van der Waals surface area (Å²) in [6.07, 6.45) is 0. The Balaban J connectivity index is -0.000000240. The molecule has 0 amide bonds. The summed E-state index contributed by atoms with van der Waals surface area (Å²) < 4.78 is 36.4. The van der Waals surface area contributed by atoms with Gasteiger partial charge in [-0.3, -0.25) is 0 Å². The molecule has 10 nitrogen and oxygen atoms in total. The molecule has 0 spiro atoms. The van der Waals surface area contributed by atoms with Crippen molar-refractivity contribution in [1.82, 2.24) is 0 Å². The summed E-state index contributed by atoms with van der Waals surface area (Å²) in [4.78, 5) is 40.2. The Morgan fingerprint density at radius 3 is 1.13 bits per heavy atom. The van der Waals surface area contributed by atoms with Gasteiger partial charge in [0.2, 0.25) is 0 Å². The first-order chi connectivity index (χ1) is 5.41. The molecule has 5 N–H and O–H groups in total. The first kappa shape index (κ1) is 21.8. The van der Waals surface area contributed by atoms with E-state index in [9.17, 15) is 13.7 Å². The van der Waals surface area contributed by atoms with Crippen LogP contribution >= 0.6 is 23.5 Å². The predicted octanol–water partition coefficient (Wildman–Crippen LogP) is -3.58. The molecule has 0 saturated heterocycles. The summed E-state index contributed by atoms with van der Waals surface area (Å²) in [6, 6.07) is 0. The summed E-state index contributed by atoms with van der Waals surface area (Å²) in [5.41, 5.74) is 0. The van der Waals surface area contributed by atoms with Crippen LogP contribution in [0.1, 0.15) is 1.43 Å². The predicted molar refractivity (Wildman–Crippen MR) is 37.2 cm³/mol. The molecule has 0 fully saturated rings. The molecule has 0 rings (SSSR count). The third-order valence-corrected chi connectivity index (χ3v) is 3.77. The monoisotopic (exact) mass is 322 g/mol. The molecule has 0 radical (unpaired) electrons. The average Bonchev–Trinajstić information content (AvgIpc) is 1.43. The van der Waals surface area contributed by atoms with Gasteiger partial charge in [0.25, 0.3) is 0 Å². The van der Waals surface area contributed by atoms with E-state index in [-0.39, 0.29) is 37.4 Å². The number of rotatable bonds is 4. The van der Waals surface area contributed by atoms with Crippen LogP contribution in [-0.2, 0) is 39.4 Å². The summed E-state index contributed by atoms with van der Waals surface area (Å²) >= 11 is 0. The maximum absolute atomic E-state index is 10.4. The third kappa shape index (κ3) is 15.5. The van der Waals surface area contributed by atoms with Crippen molar-refractivity contribution >= 4 is 23.5 Å². The van der Waals surface area contributed by atoms with Gasteiger partial charge < -0.3 is 25.9 Å². The van der Waals surface area contributed by atoms with E-state index in [1.54, 1.807) is 0 Å². The van der Waals surface area contributed by atoms with Gasteiger partial charge >= 0.3 is 42.3 Å². The molecule has 0 aliphatic heterocycles. The summed E-state index contributed by atoms with van der Waals surface area (Å²) in [7, 11) is -16.2. The second kappa shape index (κ2) is 7.07. The Kier molecular flexibility index (Phi) is 10.3. The molecule has 90 valence electrons. The van der Waals surface area contributed by atoms with E-state index in [0.717, 1.165) is 0 Å². The van der Waals surface area contributed by atoms with Crippen molar-refractivity contribution in [1.29, 1.82) is 0 Å². The molecule has 15 heavy (non-hydrogen) atoms. The fourth-order valence-corrected chi connectivity index (χ4v) is 2.82. The Morgan fingerprint density at radius 1 is 0.800 bits per heavy atom. The minimum Gasteiger partial charge on any atom is -1.00 e. The Hall–Kier alpha value is 1.53. The molecule has 0 aliphatic rings. The summed E-state index contributed by atoms with van der Waals surface area (Å²) in [5.74, 6) is 0. The Bertz CT molecular complexity index is 288. The van der Waals surface area contributed by atoms with Gasteiger partial charge in [0, 0.05) is 17.1 Å². The number of phosphoric acid groups is 3. The van der Waals surface area contributed by atoms with Gasteiger partial charge in [0.15, 0.2) is 0 Å². The van der Waals surface area contributed by atoms with Crippen LogP contribution in [0.2, 0.25) is 0 Å². The quantitative estimate of drug-likeness (QED) is 0.257. The van der Waals surface area contributed by atoms with E-state index < -0.39 is 23.5 Å². The van der Waals surface area contributed by atoms with Crippen molar-refractivity contribution < 1.29 is 84.1 Å². The van der Waals surface area contributed by atoms with E-state index in [2.05, 4.69) is 8.62 Å². The van der Waals surface area contributed by atoms with Crippen LogP contribution in [0, 0.1) is 0 Å². The normalized spacial score (nSPS) is 12.6. The summed E-state index contributed by atoms with van der Waals surface area (Å²) in [6.45, 7) is 0. The molecule has 15 heteroatoms. The molecule has 0 atom stereocenters. The second-order valence-electron chi connectivity index (χ2n) is 1.61. The molecule has 0 aromatic rings. The van der Waals surface area contributed by atoms with Crippen molar-refractivity contribution in [3.8, 4) is 0 Å². The van der Waals surface area contributed by atoms with Crippen molar-refractivity contribution in [3.63, 3.8) is 0 Å². The molecular formula is H6FeLiO10P3. The van der Waals surface area contributed by atoms with Crippen LogP contribution in [0.15, 0.2) is 0 Å². The number of hydrogen-bond donors (Lipinski definition) is 5. The minimum absolute atomic E-state index is 0. The number of hydrogen-bond acceptors (Lipinski definition) is 5. The fraction of sp³-hybridized carbons (Fsp3) is 0. The zero-order valence-electron chi connectivity index (χ0n) is 7.97. The molecule has 0 aromatic heterocycles. The van der Waals surface area contributed by atoms with Gasteiger partial charge in [0.1, 0.15) is 0 Å². The molecule has 0 saturated carbocycles. The maximum atomic E-state index is 10.4. The fourth-order valence-electron chi connectivity index (χ4n) is 0.284. The van der Waals surface area contributed by atoms with Crippen molar-refractivity contribution in [3.05, 3.63) is 0 Å². The van der Waals surface area contributed by atoms with Crippen LogP contribution in [0.3, 0.4) is 0 Å². The van der Waals surface area contributed by atoms with Gasteiger partial charge in [0.05, 0.1) is 0 Å². The molecule has 0 aliphatic carbocycles. The van der Waals surface area contributed by atoms with Crippen LogP contribution in [0.25, 0.3) is 0 Å². The van der Waals surface area contributed by atoms with Crippen LogP contribution < -0.4 is 18.9 Å². The van der Waals surface area contributed by atoms with Gasteiger partial charge in [-0.05, 0) is 0 Å². The molecular weight excluding hydrogens is 316 g/mol. The zero-order valence-corrected chi connectivity index (χ0v) is 10.8. The van der Waals surface area contributed by atoms with E-state index in [0.29, 0.717) is 0 Å². The van der Waals surface area contributed by atoms with Gasteiger partial charge in [-0.2, -0.15) is 8.62 Å². The smallest absolute Gasteiger partial charge is 1.00 e. The molecule has 0 unspecified atom stereocenters. The topological polar surface area (TPSA) is 171 Å². The Labute approximate surface area is 108 Å². The maximum Gasteiger partial charge on any atom is 1.00 e. The summed E-state index contributed by atoms with van der Waals surface area (Å²) in [5, 5.41) is 0. The van der Waals surface area contributed by atoms with Gasteiger partial charge in [-0.1, -0.05) is 0 Å². The average molecular weight is 322 g/mol. The Morgan fingerprint density at radius 2 is 1.00 bits per heavy atom. The van der Waals surface area contributed by atoms with E-state index >= 15 is 0 Å². The molecule has 0 heterocycles.